The number of ether oxygens (including phenoxy) is 2. The first kappa shape index (κ1) is 44.7. The monoisotopic (exact) mass is 759 g/mol. The number of allylic oxidation sites excluding steroid dienone is 10. The van der Waals surface area contributed by atoms with Crippen LogP contribution in [0.4, 0.5) is 0 Å². The van der Waals surface area contributed by atoms with E-state index in [1.54, 1.807) is 0 Å². The molecule has 0 saturated carbocycles. The standard InChI is InChI=1S/C46H65NO6S/c1-33(2)18-14-21-36(5)24-15-22-34(3)19-12-13-20-35(4)23-16-25-37(6)26-17-29-52-41(49)32-53-45(51)42-46(7,8)54-44-40(43(50)47(42)44)31-39(48)30-38-27-10-9-11-28-38/h9-11,18-20,24-25,27-28,40,42,44H,12-17,21-23,26,29-32H2,1-8H3/b34-19?,35-20+,36-24+,37-25?/t40-,42?,44-/m1/s1. The van der Waals surface area contributed by atoms with E-state index in [2.05, 4.69) is 71.9 Å². The lowest BCUT2D eigenvalue weighted by Crippen LogP contribution is -2.63. The van der Waals surface area contributed by atoms with Crippen molar-refractivity contribution in [3.05, 3.63) is 94.1 Å². The van der Waals surface area contributed by atoms with Gasteiger partial charge in [-0.1, -0.05) is 88.6 Å². The van der Waals surface area contributed by atoms with Gasteiger partial charge in [0.1, 0.15) is 11.8 Å². The SMILES string of the molecule is CC(C)=CCC/C(C)=C/CCC(C)=CCC/C=C(\C)CCC=C(C)CCCOC(=O)COC(=O)C1N2C(=O)[C@@H](CC(=O)Cc3ccccc3)[C@H]2SC1(C)C. The summed E-state index contributed by atoms with van der Waals surface area (Å²) in [5.41, 5.74) is 7.93. The molecule has 0 aliphatic carbocycles. The molecule has 0 N–H and O–H groups in total. The van der Waals surface area contributed by atoms with Crippen LogP contribution in [0.1, 0.15) is 132 Å². The van der Waals surface area contributed by atoms with Crippen LogP contribution in [0.15, 0.2) is 88.6 Å². The highest BCUT2D eigenvalue weighted by Crippen LogP contribution is 2.54. The molecule has 2 aliphatic rings. The molecule has 2 fully saturated rings. The fourth-order valence-electron chi connectivity index (χ4n) is 6.94. The quantitative estimate of drug-likeness (QED) is 0.0475. The maximum absolute atomic E-state index is 13.1. The summed E-state index contributed by atoms with van der Waals surface area (Å²) >= 11 is 1.51. The second kappa shape index (κ2) is 22.7. The van der Waals surface area contributed by atoms with Gasteiger partial charge in [0, 0.05) is 17.6 Å². The second-order valence-corrected chi connectivity index (χ2v) is 17.7. The summed E-state index contributed by atoms with van der Waals surface area (Å²) < 4.78 is 10.1. The maximum Gasteiger partial charge on any atom is 0.344 e. The molecule has 54 heavy (non-hydrogen) atoms. The van der Waals surface area contributed by atoms with Crippen molar-refractivity contribution in [3.63, 3.8) is 0 Å². The lowest BCUT2D eigenvalue weighted by atomic mass is 9.87. The van der Waals surface area contributed by atoms with Crippen molar-refractivity contribution >= 4 is 35.4 Å². The summed E-state index contributed by atoms with van der Waals surface area (Å²) in [6, 6.07) is 8.64. The fourth-order valence-corrected chi connectivity index (χ4v) is 8.61. The van der Waals surface area contributed by atoms with Gasteiger partial charge in [-0.05, 0) is 125 Å². The van der Waals surface area contributed by atoms with E-state index in [9.17, 15) is 19.2 Å². The number of hydrogen-bond acceptors (Lipinski definition) is 7. The Morgan fingerprint density at radius 2 is 1.28 bits per heavy atom. The normalized spacial score (nSPS) is 20.0. The molecule has 1 aromatic carbocycles. The molecule has 1 unspecified atom stereocenters. The van der Waals surface area contributed by atoms with Gasteiger partial charge in [0.05, 0.1) is 17.9 Å². The van der Waals surface area contributed by atoms with Gasteiger partial charge in [-0.15, -0.1) is 11.8 Å². The summed E-state index contributed by atoms with van der Waals surface area (Å²) in [4.78, 5) is 52.8. The van der Waals surface area contributed by atoms with Crippen LogP contribution in [-0.2, 0) is 35.1 Å². The summed E-state index contributed by atoms with van der Waals surface area (Å²) in [6.45, 7) is 16.6. The Kier molecular flexibility index (Phi) is 18.8. The second-order valence-electron chi connectivity index (χ2n) is 15.9. The zero-order valence-electron chi connectivity index (χ0n) is 34.2. The van der Waals surface area contributed by atoms with Gasteiger partial charge >= 0.3 is 11.9 Å². The van der Waals surface area contributed by atoms with Crippen molar-refractivity contribution < 1.29 is 28.7 Å². The van der Waals surface area contributed by atoms with Gasteiger partial charge in [-0.3, -0.25) is 9.59 Å². The molecular formula is C46H65NO6S. The number of hydrogen-bond donors (Lipinski definition) is 0. The molecule has 3 atom stereocenters. The smallest absolute Gasteiger partial charge is 0.344 e. The minimum atomic E-state index is -0.824. The number of benzene rings is 1. The third-order valence-electron chi connectivity index (χ3n) is 10.1. The number of esters is 2. The van der Waals surface area contributed by atoms with Crippen LogP contribution >= 0.6 is 11.8 Å². The summed E-state index contributed by atoms with van der Waals surface area (Å²) in [5, 5.41) is -0.264. The van der Waals surface area contributed by atoms with E-state index in [1.165, 1.54) is 44.5 Å². The van der Waals surface area contributed by atoms with Gasteiger partial charge in [-0.2, -0.15) is 0 Å². The van der Waals surface area contributed by atoms with Crippen molar-refractivity contribution in [3.8, 4) is 0 Å². The lowest BCUT2D eigenvalue weighted by molar-refractivity contribution is -0.171. The number of amides is 1. The first-order valence-corrected chi connectivity index (χ1v) is 20.7. The third-order valence-corrected chi connectivity index (χ3v) is 11.7. The molecule has 3 rings (SSSR count). The van der Waals surface area contributed by atoms with E-state index >= 15 is 0 Å². The van der Waals surface area contributed by atoms with E-state index in [4.69, 9.17) is 9.47 Å². The number of ketones is 1. The highest BCUT2D eigenvalue weighted by Gasteiger charge is 2.64. The van der Waals surface area contributed by atoms with Crippen LogP contribution in [0.2, 0.25) is 0 Å². The molecule has 2 aliphatic heterocycles. The van der Waals surface area contributed by atoms with Crippen molar-refractivity contribution in [2.24, 2.45) is 5.92 Å². The van der Waals surface area contributed by atoms with Crippen molar-refractivity contribution in [1.29, 1.82) is 0 Å². The Hall–Kier alpha value is -3.65. The van der Waals surface area contributed by atoms with E-state index in [0.717, 1.165) is 63.4 Å². The Balaban J connectivity index is 1.27. The van der Waals surface area contributed by atoms with Gasteiger partial charge in [0.15, 0.2) is 6.61 Å². The minimum absolute atomic E-state index is 0.000146. The van der Waals surface area contributed by atoms with E-state index < -0.39 is 35.3 Å². The predicted molar refractivity (Wildman–Crippen MR) is 222 cm³/mol. The number of β-lactam (4-membered cyclic amide) rings is 1. The van der Waals surface area contributed by atoms with Gasteiger partial charge in [0.25, 0.3) is 0 Å². The number of carbonyl (C=O) groups excluding carboxylic acids is 4. The highest BCUT2D eigenvalue weighted by atomic mass is 32.2. The zero-order valence-corrected chi connectivity index (χ0v) is 35.0. The summed E-state index contributed by atoms with van der Waals surface area (Å²) in [5.74, 6) is -1.90. The zero-order chi connectivity index (χ0) is 39.7. The molecule has 0 radical (unpaired) electrons. The van der Waals surface area contributed by atoms with Gasteiger partial charge < -0.3 is 14.4 Å². The van der Waals surface area contributed by atoms with Crippen molar-refractivity contribution in [2.45, 2.75) is 149 Å². The number of thioether (sulfide) groups is 1. The molecule has 1 amide bonds. The third kappa shape index (κ3) is 15.2. The molecule has 296 valence electrons. The first-order valence-electron chi connectivity index (χ1n) is 19.8. The van der Waals surface area contributed by atoms with Crippen molar-refractivity contribution in [1.82, 2.24) is 4.90 Å². The largest absolute Gasteiger partial charge is 0.463 e. The van der Waals surface area contributed by atoms with E-state index in [0.29, 0.717) is 6.42 Å². The van der Waals surface area contributed by atoms with E-state index in [-0.39, 0.29) is 36.5 Å². The van der Waals surface area contributed by atoms with Crippen LogP contribution in [0, 0.1) is 5.92 Å². The molecule has 7 nitrogen and oxygen atoms in total. The molecule has 1 aromatic rings. The average molecular weight is 760 g/mol. The van der Waals surface area contributed by atoms with E-state index in [1.807, 2.05) is 44.2 Å². The summed E-state index contributed by atoms with van der Waals surface area (Å²) in [7, 11) is 0. The number of unbranched alkanes of at least 4 members (excludes halogenated alkanes) is 1. The number of Topliss-reactive ketones (excluding diaryl/α,β-unsaturated/α-hetero) is 1. The minimum Gasteiger partial charge on any atom is -0.463 e. The highest BCUT2D eigenvalue weighted by molar-refractivity contribution is 8.01. The molecule has 2 saturated heterocycles. The number of nitrogens with zero attached hydrogens (tertiary/aromatic N) is 1. The molecule has 0 spiro atoms. The molecular weight excluding hydrogens is 695 g/mol. The topological polar surface area (TPSA) is 90.0 Å². The Morgan fingerprint density at radius 1 is 0.741 bits per heavy atom. The average Bonchev–Trinajstić information content (AvgIpc) is 3.37. The maximum atomic E-state index is 13.1. The van der Waals surface area contributed by atoms with Crippen LogP contribution in [0.5, 0.6) is 0 Å². The van der Waals surface area contributed by atoms with Crippen LogP contribution in [0.3, 0.4) is 0 Å². The molecule has 0 bridgehead atoms. The van der Waals surface area contributed by atoms with Crippen molar-refractivity contribution in [2.75, 3.05) is 13.2 Å². The van der Waals surface area contributed by atoms with Gasteiger partial charge in [-0.25, -0.2) is 9.59 Å². The Labute approximate surface area is 329 Å². The van der Waals surface area contributed by atoms with Gasteiger partial charge in [0.2, 0.25) is 5.91 Å². The molecule has 2 heterocycles. The fraction of sp³-hybridized carbons (Fsp3) is 0.565. The first-order chi connectivity index (χ1) is 25.7. The number of carbonyl (C=O) groups is 4. The number of rotatable bonds is 23. The Bertz CT molecular complexity index is 1580. The van der Waals surface area contributed by atoms with Crippen LogP contribution < -0.4 is 0 Å². The molecule has 8 heteroatoms. The Morgan fingerprint density at radius 3 is 1.85 bits per heavy atom. The number of fused-ring (bicyclic) bond motifs is 1. The summed E-state index contributed by atoms with van der Waals surface area (Å²) in [6.07, 6.45) is 22.3. The van der Waals surface area contributed by atoms with Crippen LogP contribution in [-0.4, -0.2) is 57.9 Å². The van der Waals surface area contributed by atoms with Crippen LogP contribution in [0.25, 0.3) is 0 Å². The molecule has 0 aromatic heterocycles. The lowest BCUT2D eigenvalue weighted by Gasteiger charge is -2.43. The predicted octanol–water partition coefficient (Wildman–Crippen LogP) is 10.6.